The van der Waals surface area contributed by atoms with Gasteiger partial charge in [-0.1, -0.05) is 23.8 Å². The summed E-state index contributed by atoms with van der Waals surface area (Å²) in [7, 11) is 0. The van der Waals surface area contributed by atoms with E-state index in [4.69, 9.17) is 0 Å². The van der Waals surface area contributed by atoms with Crippen molar-refractivity contribution in [3.05, 3.63) is 34.9 Å². The van der Waals surface area contributed by atoms with Crippen molar-refractivity contribution in [3.63, 3.8) is 0 Å². The molecule has 1 saturated heterocycles. The van der Waals surface area contributed by atoms with Gasteiger partial charge in [0.05, 0.1) is 6.10 Å². The second kappa shape index (κ2) is 5.92. The quantitative estimate of drug-likeness (QED) is 0.878. The third-order valence-corrected chi connectivity index (χ3v) is 4.73. The SMILES string of the molecule is Cc1ccc(C(O)CC2CCSCC2)c(C)c1. The Morgan fingerprint density at radius 1 is 1.29 bits per heavy atom. The van der Waals surface area contributed by atoms with Gasteiger partial charge in [0.15, 0.2) is 0 Å². The van der Waals surface area contributed by atoms with Gasteiger partial charge in [-0.15, -0.1) is 0 Å². The largest absolute Gasteiger partial charge is 0.388 e. The number of hydrogen-bond acceptors (Lipinski definition) is 2. The zero-order chi connectivity index (χ0) is 12.3. The van der Waals surface area contributed by atoms with Crippen LogP contribution in [0.5, 0.6) is 0 Å². The van der Waals surface area contributed by atoms with Crippen molar-refractivity contribution in [2.75, 3.05) is 11.5 Å². The number of thioether (sulfide) groups is 1. The molecule has 17 heavy (non-hydrogen) atoms. The molecule has 1 unspecified atom stereocenters. The van der Waals surface area contributed by atoms with Crippen LogP contribution in [0.2, 0.25) is 0 Å². The Balaban J connectivity index is 2.00. The van der Waals surface area contributed by atoms with Gasteiger partial charge in [-0.25, -0.2) is 0 Å². The topological polar surface area (TPSA) is 20.2 Å². The molecule has 1 heterocycles. The van der Waals surface area contributed by atoms with Crippen LogP contribution in [0.4, 0.5) is 0 Å². The van der Waals surface area contributed by atoms with E-state index in [1.54, 1.807) is 0 Å². The van der Waals surface area contributed by atoms with Crippen molar-refractivity contribution in [1.82, 2.24) is 0 Å². The van der Waals surface area contributed by atoms with Gasteiger partial charge in [-0.05, 0) is 61.7 Å². The molecule has 1 nitrogen and oxygen atoms in total. The molecule has 1 aliphatic heterocycles. The molecule has 0 aliphatic carbocycles. The molecular formula is C15H22OS. The summed E-state index contributed by atoms with van der Waals surface area (Å²) in [4.78, 5) is 0. The van der Waals surface area contributed by atoms with Gasteiger partial charge < -0.3 is 5.11 Å². The Morgan fingerprint density at radius 2 is 2.00 bits per heavy atom. The third kappa shape index (κ3) is 3.49. The minimum Gasteiger partial charge on any atom is -0.388 e. The average molecular weight is 250 g/mol. The minimum atomic E-state index is -0.274. The molecule has 1 aliphatic rings. The molecule has 1 aromatic carbocycles. The van der Waals surface area contributed by atoms with Crippen LogP contribution in [0.25, 0.3) is 0 Å². The van der Waals surface area contributed by atoms with Gasteiger partial charge in [0.2, 0.25) is 0 Å². The van der Waals surface area contributed by atoms with Gasteiger partial charge in [0.1, 0.15) is 0 Å². The Kier molecular flexibility index (Phi) is 4.52. The summed E-state index contributed by atoms with van der Waals surface area (Å²) < 4.78 is 0. The number of benzene rings is 1. The summed E-state index contributed by atoms with van der Waals surface area (Å²) in [5.74, 6) is 3.25. The fourth-order valence-electron chi connectivity index (χ4n) is 2.62. The molecule has 0 spiro atoms. The highest BCUT2D eigenvalue weighted by atomic mass is 32.2. The lowest BCUT2D eigenvalue weighted by atomic mass is 9.90. The summed E-state index contributed by atoms with van der Waals surface area (Å²) in [6, 6.07) is 6.35. The maximum absolute atomic E-state index is 10.3. The molecule has 1 N–H and O–H groups in total. The molecule has 2 rings (SSSR count). The smallest absolute Gasteiger partial charge is 0.0795 e. The molecule has 94 valence electrons. The van der Waals surface area contributed by atoms with E-state index in [9.17, 15) is 5.11 Å². The van der Waals surface area contributed by atoms with Crippen LogP contribution in [-0.4, -0.2) is 16.6 Å². The normalized spacial score (nSPS) is 19.2. The summed E-state index contributed by atoms with van der Waals surface area (Å²) in [6.45, 7) is 4.20. The first kappa shape index (κ1) is 13.0. The van der Waals surface area contributed by atoms with Crippen molar-refractivity contribution >= 4 is 11.8 Å². The number of aliphatic hydroxyl groups is 1. The predicted octanol–water partition coefficient (Wildman–Crippen LogP) is 3.87. The average Bonchev–Trinajstić information content (AvgIpc) is 2.30. The van der Waals surface area contributed by atoms with Crippen LogP contribution >= 0.6 is 11.8 Å². The molecule has 2 heteroatoms. The monoisotopic (exact) mass is 250 g/mol. The zero-order valence-corrected chi connectivity index (χ0v) is 11.6. The highest BCUT2D eigenvalue weighted by molar-refractivity contribution is 7.99. The highest BCUT2D eigenvalue weighted by Crippen LogP contribution is 2.32. The predicted molar refractivity (Wildman–Crippen MR) is 75.5 cm³/mol. The second-order valence-electron chi connectivity index (χ2n) is 5.17. The van der Waals surface area contributed by atoms with Crippen molar-refractivity contribution in [1.29, 1.82) is 0 Å². The molecule has 0 aromatic heterocycles. The van der Waals surface area contributed by atoms with E-state index in [1.807, 2.05) is 11.8 Å². The molecular weight excluding hydrogens is 228 g/mol. The number of aryl methyl sites for hydroxylation is 2. The summed E-state index contributed by atoms with van der Waals surface area (Å²) in [5, 5.41) is 10.3. The lowest BCUT2D eigenvalue weighted by molar-refractivity contribution is 0.140. The first-order chi connectivity index (χ1) is 8.16. The van der Waals surface area contributed by atoms with Gasteiger partial charge in [0, 0.05) is 0 Å². The van der Waals surface area contributed by atoms with Crippen molar-refractivity contribution < 1.29 is 5.11 Å². The number of hydrogen-bond donors (Lipinski definition) is 1. The second-order valence-corrected chi connectivity index (χ2v) is 6.39. The van der Waals surface area contributed by atoms with Crippen LogP contribution in [0.15, 0.2) is 18.2 Å². The fraction of sp³-hybridized carbons (Fsp3) is 0.600. The van der Waals surface area contributed by atoms with E-state index < -0.39 is 0 Å². The van der Waals surface area contributed by atoms with Crippen molar-refractivity contribution in [2.45, 2.75) is 39.2 Å². The molecule has 1 fully saturated rings. The Bertz CT molecular complexity index is 369. The van der Waals surface area contributed by atoms with E-state index in [2.05, 4.69) is 32.0 Å². The van der Waals surface area contributed by atoms with Crippen LogP contribution < -0.4 is 0 Å². The van der Waals surface area contributed by atoms with Gasteiger partial charge in [-0.2, -0.15) is 11.8 Å². The molecule has 0 radical (unpaired) electrons. The number of aliphatic hydroxyl groups excluding tert-OH is 1. The van der Waals surface area contributed by atoms with Gasteiger partial charge in [-0.3, -0.25) is 0 Å². The van der Waals surface area contributed by atoms with Crippen LogP contribution in [0.3, 0.4) is 0 Å². The Morgan fingerprint density at radius 3 is 2.65 bits per heavy atom. The van der Waals surface area contributed by atoms with Crippen molar-refractivity contribution in [2.24, 2.45) is 5.92 Å². The van der Waals surface area contributed by atoms with E-state index in [0.29, 0.717) is 5.92 Å². The first-order valence-corrected chi connectivity index (χ1v) is 7.65. The molecule has 0 amide bonds. The molecule has 0 bridgehead atoms. The molecule has 1 aromatic rings. The van der Waals surface area contributed by atoms with E-state index in [0.717, 1.165) is 12.0 Å². The standard InChI is InChI=1S/C15H22OS/c1-11-3-4-14(12(2)9-11)15(16)10-13-5-7-17-8-6-13/h3-4,9,13,15-16H,5-8,10H2,1-2H3. The third-order valence-electron chi connectivity index (χ3n) is 3.68. The summed E-state index contributed by atoms with van der Waals surface area (Å²) in [5.41, 5.74) is 3.61. The van der Waals surface area contributed by atoms with E-state index in [-0.39, 0.29) is 6.10 Å². The lowest BCUT2D eigenvalue weighted by Crippen LogP contribution is -2.14. The molecule has 1 atom stereocenters. The zero-order valence-electron chi connectivity index (χ0n) is 10.8. The van der Waals surface area contributed by atoms with Crippen LogP contribution in [0, 0.1) is 19.8 Å². The van der Waals surface area contributed by atoms with Gasteiger partial charge in [0.25, 0.3) is 0 Å². The fourth-order valence-corrected chi connectivity index (χ4v) is 3.83. The first-order valence-electron chi connectivity index (χ1n) is 6.50. The lowest BCUT2D eigenvalue weighted by Gasteiger charge is -2.24. The summed E-state index contributed by atoms with van der Waals surface area (Å²) in [6.07, 6.45) is 3.20. The van der Waals surface area contributed by atoms with Crippen molar-refractivity contribution in [3.8, 4) is 0 Å². The van der Waals surface area contributed by atoms with Gasteiger partial charge >= 0.3 is 0 Å². The summed E-state index contributed by atoms with van der Waals surface area (Å²) >= 11 is 2.05. The van der Waals surface area contributed by atoms with Crippen LogP contribution in [0.1, 0.15) is 42.1 Å². The maximum atomic E-state index is 10.3. The van der Waals surface area contributed by atoms with Crippen LogP contribution in [-0.2, 0) is 0 Å². The van der Waals surface area contributed by atoms with E-state index >= 15 is 0 Å². The molecule has 0 saturated carbocycles. The Labute approximate surface area is 109 Å². The van der Waals surface area contributed by atoms with E-state index in [1.165, 1.54) is 35.5 Å². The highest BCUT2D eigenvalue weighted by Gasteiger charge is 2.19. The number of rotatable bonds is 3. The maximum Gasteiger partial charge on any atom is 0.0795 e. The Hall–Kier alpha value is -0.470. The minimum absolute atomic E-state index is 0.274.